The molecule has 3 nitrogen and oxygen atoms in total. The highest BCUT2D eigenvalue weighted by Gasteiger charge is 2.05. The van der Waals surface area contributed by atoms with Gasteiger partial charge in [0.1, 0.15) is 12.9 Å². The molecule has 0 aliphatic rings. The van der Waals surface area contributed by atoms with Crippen LogP contribution in [0.25, 0.3) is 10.9 Å². The number of para-hydroxylation sites is 1. The first kappa shape index (κ1) is 13.2. The fraction of sp³-hybridized carbons (Fsp3) is 0.0667. The van der Waals surface area contributed by atoms with E-state index >= 15 is 0 Å². The van der Waals surface area contributed by atoms with Crippen LogP contribution in [0.5, 0.6) is 5.88 Å². The van der Waals surface area contributed by atoms with Crippen molar-refractivity contribution in [2.24, 2.45) is 0 Å². The Morgan fingerprint density at radius 3 is 2.65 bits per heavy atom. The molecule has 0 saturated carbocycles. The first-order valence-electron chi connectivity index (χ1n) is 6.00. The van der Waals surface area contributed by atoms with E-state index in [0.29, 0.717) is 22.5 Å². The highest BCUT2D eigenvalue weighted by molar-refractivity contribution is 6.42. The quantitative estimate of drug-likeness (QED) is 0.714. The number of fused-ring (bicyclic) bond motifs is 1. The van der Waals surface area contributed by atoms with E-state index in [4.69, 9.17) is 27.9 Å². The van der Waals surface area contributed by atoms with Crippen molar-refractivity contribution in [2.45, 2.75) is 6.61 Å². The summed E-state index contributed by atoms with van der Waals surface area (Å²) >= 11 is 11.9. The van der Waals surface area contributed by atoms with Gasteiger partial charge >= 0.3 is 0 Å². The van der Waals surface area contributed by atoms with E-state index in [-0.39, 0.29) is 0 Å². The van der Waals surface area contributed by atoms with Crippen molar-refractivity contribution >= 4 is 34.1 Å². The Bertz CT molecular complexity index is 756. The van der Waals surface area contributed by atoms with Crippen LogP contribution in [0.1, 0.15) is 5.56 Å². The summed E-state index contributed by atoms with van der Waals surface area (Å²) in [6, 6.07) is 13.1. The maximum Gasteiger partial charge on any atom is 0.224 e. The van der Waals surface area contributed by atoms with Crippen LogP contribution < -0.4 is 4.74 Å². The minimum Gasteiger partial charge on any atom is -0.472 e. The lowest BCUT2D eigenvalue weighted by molar-refractivity contribution is 0.297. The van der Waals surface area contributed by atoms with Crippen molar-refractivity contribution in [3.05, 3.63) is 64.4 Å². The van der Waals surface area contributed by atoms with Gasteiger partial charge < -0.3 is 4.74 Å². The molecule has 0 aliphatic heterocycles. The largest absolute Gasteiger partial charge is 0.472 e. The molecule has 5 heteroatoms. The van der Waals surface area contributed by atoms with Crippen LogP contribution in [-0.2, 0) is 6.61 Å². The number of ether oxygens (including phenoxy) is 1. The summed E-state index contributed by atoms with van der Waals surface area (Å²) < 4.78 is 5.75. The second-order valence-corrected chi connectivity index (χ2v) is 5.05. The van der Waals surface area contributed by atoms with E-state index in [9.17, 15) is 0 Å². The Morgan fingerprint density at radius 2 is 1.80 bits per heavy atom. The highest BCUT2D eigenvalue weighted by atomic mass is 35.5. The maximum atomic E-state index is 5.98. The number of hydrogen-bond acceptors (Lipinski definition) is 3. The number of hydrogen-bond donors (Lipinski definition) is 0. The van der Waals surface area contributed by atoms with E-state index < -0.39 is 0 Å². The fourth-order valence-electron chi connectivity index (χ4n) is 1.88. The van der Waals surface area contributed by atoms with Crippen LogP contribution >= 0.6 is 23.2 Å². The van der Waals surface area contributed by atoms with Crippen molar-refractivity contribution in [3.63, 3.8) is 0 Å². The van der Waals surface area contributed by atoms with Crippen molar-refractivity contribution in [1.29, 1.82) is 0 Å². The van der Waals surface area contributed by atoms with Gasteiger partial charge in [-0.2, -0.15) is 0 Å². The van der Waals surface area contributed by atoms with E-state index in [1.54, 1.807) is 12.1 Å². The van der Waals surface area contributed by atoms with Gasteiger partial charge in [-0.15, -0.1) is 0 Å². The summed E-state index contributed by atoms with van der Waals surface area (Å²) in [5, 5.41) is 1.93. The van der Waals surface area contributed by atoms with Gasteiger partial charge in [-0.25, -0.2) is 9.97 Å². The van der Waals surface area contributed by atoms with Gasteiger partial charge in [-0.1, -0.05) is 41.4 Å². The van der Waals surface area contributed by atoms with Crippen LogP contribution in [0, 0.1) is 0 Å². The number of benzene rings is 2. The molecule has 0 N–H and O–H groups in total. The third-order valence-electron chi connectivity index (χ3n) is 2.87. The molecule has 0 aliphatic carbocycles. The van der Waals surface area contributed by atoms with Crippen molar-refractivity contribution < 1.29 is 4.74 Å². The molecule has 0 saturated heterocycles. The van der Waals surface area contributed by atoms with Crippen molar-refractivity contribution in [2.75, 3.05) is 0 Å². The molecule has 0 unspecified atom stereocenters. The molecule has 0 spiro atoms. The molecule has 100 valence electrons. The van der Waals surface area contributed by atoms with Gasteiger partial charge in [0.2, 0.25) is 5.88 Å². The number of rotatable bonds is 3. The van der Waals surface area contributed by atoms with Crippen LogP contribution in [0.3, 0.4) is 0 Å². The Balaban J connectivity index is 1.85. The predicted octanol–water partition coefficient (Wildman–Crippen LogP) is 4.52. The summed E-state index contributed by atoms with van der Waals surface area (Å²) in [7, 11) is 0. The Morgan fingerprint density at radius 1 is 0.950 bits per heavy atom. The number of aromatic nitrogens is 2. The van der Waals surface area contributed by atoms with Crippen molar-refractivity contribution in [3.8, 4) is 5.88 Å². The average molecular weight is 305 g/mol. The van der Waals surface area contributed by atoms with Crippen molar-refractivity contribution in [1.82, 2.24) is 9.97 Å². The molecule has 0 amide bonds. The zero-order chi connectivity index (χ0) is 13.9. The van der Waals surface area contributed by atoms with Crippen LogP contribution in [0.15, 0.2) is 48.8 Å². The number of halogens is 2. The summed E-state index contributed by atoms with van der Waals surface area (Å²) in [5.74, 6) is 0.557. The lowest BCUT2D eigenvalue weighted by Gasteiger charge is -2.08. The number of nitrogens with zero attached hydrogens (tertiary/aromatic N) is 2. The molecule has 0 fully saturated rings. The second-order valence-electron chi connectivity index (χ2n) is 4.23. The lowest BCUT2D eigenvalue weighted by atomic mass is 10.2. The van der Waals surface area contributed by atoms with Crippen LogP contribution in [-0.4, -0.2) is 9.97 Å². The molecule has 3 rings (SSSR count). The molecule has 3 aromatic rings. The van der Waals surface area contributed by atoms with Gasteiger partial charge in [-0.3, -0.25) is 0 Å². The third kappa shape index (κ3) is 2.69. The highest BCUT2D eigenvalue weighted by Crippen LogP contribution is 2.25. The summed E-state index contributed by atoms with van der Waals surface area (Å²) in [4.78, 5) is 8.36. The van der Waals surface area contributed by atoms with Gasteiger partial charge in [-0.05, 0) is 29.8 Å². The lowest BCUT2D eigenvalue weighted by Crippen LogP contribution is -1.98. The summed E-state index contributed by atoms with van der Waals surface area (Å²) in [6.45, 7) is 0.373. The van der Waals surface area contributed by atoms with E-state index in [2.05, 4.69) is 9.97 Å². The maximum absolute atomic E-state index is 5.98. The summed E-state index contributed by atoms with van der Waals surface area (Å²) in [5.41, 5.74) is 1.79. The minimum absolute atomic E-state index is 0.373. The van der Waals surface area contributed by atoms with Crippen LogP contribution in [0.4, 0.5) is 0 Å². The SMILES string of the molecule is Clc1ccc(COc2ncnc3ccccc23)cc1Cl. The van der Waals surface area contributed by atoms with Gasteiger partial charge in [0.25, 0.3) is 0 Å². The second kappa shape index (κ2) is 5.65. The standard InChI is InChI=1S/C15H10Cl2N2O/c16-12-6-5-10(7-13(12)17)8-20-15-11-3-1-2-4-14(11)18-9-19-15/h1-7,9H,8H2. The Hall–Kier alpha value is -1.84. The average Bonchev–Trinajstić information content (AvgIpc) is 2.48. The van der Waals surface area contributed by atoms with Gasteiger partial charge in [0.15, 0.2) is 0 Å². The molecule has 20 heavy (non-hydrogen) atoms. The van der Waals surface area contributed by atoms with Crippen LogP contribution in [0.2, 0.25) is 10.0 Å². The summed E-state index contributed by atoms with van der Waals surface area (Å²) in [6.07, 6.45) is 1.49. The zero-order valence-electron chi connectivity index (χ0n) is 10.4. The van der Waals surface area contributed by atoms with E-state index in [1.807, 2.05) is 30.3 Å². The van der Waals surface area contributed by atoms with Gasteiger partial charge in [0.05, 0.1) is 20.9 Å². The molecule has 1 aromatic heterocycles. The Labute approximate surface area is 126 Å². The molecule has 0 bridgehead atoms. The molecule has 1 heterocycles. The zero-order valence-corrected chi connectivity index (χ0v) is 11.9. The fourth-order valence-corrected chi connectivity index (χ4v) is 2.20. The molecule has 0 atom stereocenters. The predicted molar refractivity (Wildman–Crippen MR) is 80.3 cm³/mol. The first-order chi connectivity index (χ1) is 9.74. The van der Waals surface area contributed by atoms with E-state index in [1.165, 1.54) is 6.33 Å². The normalized spacial score (nSPS) is 10.7. The first-order valence-corrected chi connectivity index (χ1v) is 6.76. The Kier molecular flexibility index (Phi) is 3.72. The smallest absolute Gasteiger partial charge is 0.224 e. The van der Waals surface area contributed by atoms with Gasteiger partial charge in [0, 0.05) is 0 Å². The molecular formula is C15H10Cl2N2O. The molecular weight excluding hydrogens is 295 g/mol. The topological polar surface area (TPSA) is 35.0 Å². The minimum atomic E-state index is 0.373. The molecule has 2 aromatic carbocycles. The van der Waals surface area contributed by atoms with E-state index in [0.717, 1.165) is 16.5 Å². The monoisotopic (exact) mass is 304 g/mol. The third-order valence-corrected chi connectivity index (χ3v) is 3.60. The molecule has 0 radical (unpaired) electrons.